The van der Waals surface area contributed by atoms with Gasteiger partial charge in [-0.15, -0.1) is 11.3 Å². The Hall–Kier alpha value is -1.04. The van der Waals surface area contributed by atoms with Crippen molar-refractivity contribution in [3.63, 3.8) is 0 Å². The van der Waals surface area contributed by atoms with E-state index in [0.717, 1.165) is 13.0 Å². The number of nitrogens with zero attached hydrogens (tertiary/aromatic N) is 4. The van der Waals surface area contributed by atoms with Crippen LogP contribution in [0.15, 0.2) is 11.4 Å². The summed E-state index contributed by atoms with van der Waals surface area (Å²) in [5, 5.41) is 2.09. The maximum atomic E-state index is 13.1. The summed E-state index contributed by atoms with van der Waals surface area (Å²) in [5.41, 5.74) is 1.26. The highest BCUT2D eigenvalue weighted by atomic mass is 32.2. The summed E-state index contributed by atoms with van der Waals surface area (Å²) in [4.78, 5) is 18.5. The second kappa shape index (κ2) is 8.84. The van der Waals surface area contributed by atoms with Gasteiger partial charge in [0.25, 0.3) is 10.2 Å². The van der Waals surface area contributed by atoms with E-state index in [0.29, 0.717) is 45.8 Å². The molecule has 4 rings (SSSR count). The zero-order valence-electron chi connectivity index (χ0n) is 18.0. The third-order valence-corrected chi connectivity index (χ3v) is 9.33. The Labute approximate surface area is 183 Å². The molecule has 3 aliphatic rings. The van der Waals surface area contributed by atoms with Crippen LogP contribution >= 0.6 is 11.3 Å². The van der Waals surface area contributed by atoms with E-state index in [1.165, 1.54) is 10.4 Å². The first-order valence-corrected chi connectivity index (χ1v) is 13.0. The summed E-state index contributed by atoms with van der Waals surface area (Å²) in [6.07, 6.45) is 0.722. The molecule has 2 fully saturated rings. The van der Waals surface area contributed by atoms with Crippen LogP contribution in [0.3, 0.4) is 0 Å². The molecule has 4 heterocycles. The van der Waals surface area contributed by atoms with Crippen LogP contribution in [0.5, 0.6) is 0 Å². The van der Waals surface area contributed by atoms with Gasteiger partial charge in [0, 0.05) is 57.2 Å². The van der Waals surface area contributed by atoms with E-state index in [2.05, 4.69) is 16.3 Å². The third-order valence-electron chi connectivity index (χ3n) is 6.34. The van der Waals surface area contributed by atoms with Gasteiger partial charge in [0.15, 0.2) is 0 Å². The molecule has 8 nitrogen and oxygen atoms in total. The van der Waals surface area contributed by atoms with E-state index in [1.807, 2.05) is 25.7 Å². The predicted octanol–water partition coefficient (Wildman–Crippen LogP) is 0.993. The molecule has 0 aromatic carbocycles. The van der Waals surface area contributed by atoms with E-state index in [4.69, 9.17) is 4.74 Å². The zero-order chi connectivity index (χ0) is 21.5. The second-order valence-electron chi connectivity index (χ2n) is 8.57. The SMILES string of the molecule is CC1CN(S(=O)(=O)N2CCN(C(C)C(=O)N3CCc4sccc4C3)CC2)CC(C)O1. The van der Waals surface area contributed by atoms with Crippen molar-refractivity contribution in [2.75, 3.05) is 45.8 Å². The molecule has 0 spiro atoms. The topological polar surface area (TPSA) is 73.4 Å². The number of carbonyl (C=O) groups excluding carboxylic acids is 1. The number of hydrogen-bond donors (Lipinski definition) is 0. The normalized spacial score (nSPS) is 28.3. The van der Waals surface area contributed by atoms with Crippen LogP contribution in [0.25, 0.3) is 0 Å². The van der Waals surface area contributed by atoms with Crippen molar-refractivity contribution in [1.82, 2.24) is 18.4 Å². The Morgan fingerprint density at radius 3 is 2.43 bits per heavy atom. The molecule has 0 aliphatic carbocycles. The van der Waals surface area contributed by atoms with E-state index in [1.54, 1.807) is 19.9 Å². The van der Waals surface area contributed by atoms with Gasteiger partial charge in [0.2, 0.25) is 5.91 Å². The van der Waals surface area contributed by atoms with Crippen molar-refractivity contribution in [2.45, 2.75) is 52.0 Å². The number of morpholine rings is 1. The van der Waals surface area contributed by atoms with Crippen LogP contribution in [0.2, 0.25) is 0 Å². The lowest BCUT2D eigenvalue weighted by Crippen LogP contribution is -2.59. The molecule has 1 aromatic rings. The Balaban J connectivity index is 1.33. The molecule has 30 heavy (non-hydrogen) atoms. The standard InChI is InChI=1S/C20H32N4O4S2/c1-15-12-24(13-16(2)28-15)30(26,27)23-9-7-21(8-10-23)17(3)20(25)22-6-4-19-18(14-22)5-11-29-19/h5,11,15-17H,4,6-10,12-14H2,1-3H3. The molecule has 3 atom stereocenters. The van der Waals surface area contributed by atoms with Crippen LogP contribution in [0.1, 0.15) is 31.2 Å². The fraction of sp³-hybridized carbons (Fsp3) is 0.750. The third kappa shape index (κ3) is 4.44. The van der Waals surface area contributed by atoms with Gasteiger partial charge in [-0.25, -0.2) is 0 Å². The van der Waals surface area contributed by atoms with Crippen LogP contribution in [0, 0.1) is 0 Å². The van der Waals surface area contributed by atoms with Gasteiger partial charge < -0.3 is 9.64 Å². The Bertz CT molecular complexity index is 856. The number of carbonyl (C=O) groups is 1. The Kier molecular flexibility index (Phi) is 6.53. The molecule has 0 N–H and O–H groups in total. The fourth-order valence-electron chi connectivity index (χ4n) is 4.66. The molecule has 3 unspecified atom stereocenters. The van der Waals surface area contributed by atoms with E-state index in [9.17, 15) is 13.2 Å². The lowest BCUT2D eigenvalue weighted by atomic mass is 10.1. The summed E-state index contributed by atoms with van der Waals surface area (Å²) in [5.74, 6) is 0.138. The molecule has 10 heteroatoms. The van der Waals surface area contributed by atoms with Gasteiger partial charge >= 0.3 is 0 Å². The zero-order valence-corrected chi connectivity index (χ0v) is 19.6. The summed E-state index contributed by atoms with van der Waals surface area (Å²) in [7, 11) is -3.50. The van der Waals surface area contributed by atoms with Gasteiger partial charge in [-0.05, 0) is 44.2 Å². The van der Waals surface area contributed by atoms with Gasteiger partial charge in [0.1, 0.15) is 0 Å². The molecular formula is C20H32N4O4S2. The number of thiophene rings is 1. The molecule has 1 amide bonds. The molecular weight excluding hydrogens is 424 g/mol. The van der Waals surface area contributed by atoms with E-state index in [-0.39, 0.29) is 24.2 Å². The quantitative estimate of drug-likeness (QED) is 0.676. The average Bonchev–Trinajstić information content (AvgIpc) is 3.20. The van der Waals surface area contributed by atoms with Crippen LogP contribution in [-0.2, 0) is 32.7 Å². The van der Waals surface area contributed by atoms with E-state index >= 15 is 0 Å². The number of amides is 1. The van der Waals surface area contributed by atoms with Crippen LogP contribution in [-0.4, -0.2) is 96.8 Å². The van der Waals surface area contributed by atoms with Crippen molar-refractivity contribution < 1.29 is 17.9 Å². The monoisotopic (exact) mass is 456 g/mol. The van der Waals surface area contributed by atoms with Crippen molar-refractivity contribution in [3.05, 3.63) is 21.9 Å². The van der Waals surface area contributed by atoms with Crippen molar-refractivity contribution in [2.24, 2.45) is 0 Å². The first kappa shape index (κ1) is 22.2. The highest BCUT2D eigenvalue weighted by Gasteiger charge is 2.38. The lowest BCUT2D eigenvalue weighted by Gasteiger charge is -2.42. The predicted molar refractivity (Wildman–Crippen MR) is 117 cm³/mol. The molecule has 0 bridgehead atoms. The fourth-order valence-corrected chi connectivity index (χ4v) is 7.30. The summed E-state index contributed by atoms with van der Waals surface area (Å²) >= 11 is 1.77. The number of ether oxygens (including phenoxy) is 1. The van der Waals surface area contributed by atoms with Gasteiger partial charge in [-0.2, -0.15) is 17.0 Å². The minimum absolute atomic E-state index is 0.101. The van der Waals surface area contributed by atoms with Gasteiger partial charge in [-0.1, -0.05) is 0 Å². The number of fused-ring (bicyclic) bond motifs is 1. The molecule has 0 saturated carbocycles. The summed E-state index contributed by atoms with van der Waals surface area (Å²) in [6, 6.07) is 1.87. The highest BCUT2D eigenvalue weighted by Crippen LogP contribution is 2.25. The molecule has 2 saturated heterocycles. The minimum atomic E-state index is -3.50. The number of piperazine rings is 1. The molecule has 3 aliphatic heterocycles. The minimum Gasteiger partial charge on any atom is -0.373 e. The lowest BCUT2D eigenvalue weighted by molar-refractivity contribution is -0.137. The van der Waals surface area contributed by atoms with Crippen molar-refractivity contribution in [1.29, 1.82) is 0 Å². The van der Waals surface area contributed by atoms with Crippen LogP contribution in [0.4, 0.5) is 0 Å². The van der Waals surface area contributed by atoms with Crippen molar-refractivity contribution >= 4 is 27.5 Å². The highest BCUT2D eigenvalue weighted by molar-refractivity contribution is 7.86. The molecule has 168 valence electrons. The first-order valence-electron chi connectivity index (χ1n) is 10.7. The summed E-state index contributed by atoms with van der Waals surface area (Å²) < 4.78 is 34.9. The number of rotatable bonds is 4. The largest absolute Gasteiger partial charge is 0.373 e. The van der Waals surface area contributed by atoms with Crippen molar-refractivity contribution in [3.8, 4) is 0 Å². The van der Waals surface area contributed by atoms with Gasteiger partial charge in [0.05, 0.1) is 18.2 Å². The molecule has 1 aromatic heterocycles. The molecule has 0 radical (unpaired) electrons. The maximum absolute atomic E-state index is 13.1. The number of hydrogen-bond acceptors (Lipinski definition) is 6. The smallest absolute Gasteiger partial charge is 0.282 e. The maximum Gasteiger partial charge on any atom is 0.282 e. The van der Waals surface area contributed by atoms with Gasteiger partial charge in [-0.3, -0.25) is 9.69 Å². The average molecular weight is 457 g/mol. The second-order valence-corrected chi connectivity index (χ2v) is 11.5. The Morgan fingerprint density at radius 2 is 1.77 bits per heavy atom. The first-order chi connectivity index (χ1) is 14.3. The summed E-state index contributed by atoms with van der Waals surface area (Å²) in [6.45, 7) is 9.94. The van der Waals surface area contributed by atoms with E-state index < -0.39 is 10.2 Å². The van der Waals surface area contributed by atoms with Crippen LogP contribution < -0.4 is 0 Å². The Morgan fingerprint density at radius 1 is 1.10 bits per heavy atom.